The van der Waals surface area contributed by atoms with Crippen LogP contribution in [0.1, 0.15) is 21.6 Å². The summed E-state index contributed by atoms with van der Waals surface area (Å²) in [5.74, 6) is -2.20. The van der Waals surface area contributed by atoms with E-state index in [1.807, 2.05) is 26.0 Å². The number of carbonyl (C=O) groups is 1. The fourth-order valence-corrected chi connectivity index (χ4v) is 1.84. The zero-order valence-electron chi connectivity index (χ0n) is 10.8. The van der Waals surface area contributed by atoms with Crippen molar-refractivity contribution in [3.05, 3.63) is 65.0 Å². The Labute approximate surface area is 110 Å². The average molecular weight is 262 g/mol. The molecule has 1 aromatic carbocycles. The number of Topliss-reactive ketones (excluding diaryl/α,β-unsaturated/α-hetero) is 1. The van der Waals surface area contributed by atoms with Crippen LogP contribution in [0.25, 0.3) is 0 Å². The topological polar surface area (TPSA) is 20.9 Å². The molecule has 0 fully saturated rings. The van der Waals surface area contributed by atoms with Crippen LogP contribution in [0.2, 0.25) is 0 Å². The minimum absolute atomic E-state index is 0.110. The van der Waals surface area contributed by atoms with Crippen LogP contribution in [0, 0.1) is 25.5 Å². The molecular weight excluding hydrogens is 248 g/mol. The van der Waals surface area contributed by atoms with Crippen molar-refractivity contribution in [1.29, 1.82) is 0 Å². The van der Waals surface area contributed by atoms with Gasteiger partial charge in [0.25, 0.3) is 0 Å². The number of carbonyl (C=O) groups excluding carboxylic acids is 1. The third kappa shape index (κ3) is 2.84. The molecule has 0 saturated carbocycles. The van der Waals surface area contributed by atoms with E-state index in [1.165, 1.54) is 6.07 Å². The third-order valence-corrected chi connectivity index (χ3v) is 3.17. The lowest BCUT2D eigenvalue weighted by Gasteiger charge is -2.03. The Balaban J connectivity index is 2.26. The largest absolute Gasteiger partial charge is 0.287 e. The van der Waals surface area contributed by atoms with E-state index in [4.69, 9.17) is 0 Å². The molecule has 0 unspecified atom stereocenters. The fourth-order valence-electron chi connectivity index (χ4n) is 1.84. The lowest BCUT2D eigenvalue weighted by Crippen LogP contribution is -2.41. The third-order valence-electron chi connectivity index (χ3n) is 3.17. The summed E-state index contributed by atoms with van der Waals surface area (Å²) >= 11 is 0. The number of halogens is 2. The Morgan fingerprint density at radius 2 is 1.89 bits per heavy atom. The molecule has 2 aromatic rings. The second-order valence-electron chi connectivity index (χ2n) is 4.46. The van der Waals surface area contributed by atoms with Crippen molar-refractivity contribution < 1.29 is 18.1 Å². The highest BCUT2D eigenvalue weighted by Gasteiger charge is 2.16. The van der Waals surface area contributed by atoms with Crippen molar-refractivity contribution in [2.45, 2.75) is 20.4 Å². The monoisotopic (exact) mass is 262 g/mol. The van der Waals surface area contributed by atoms with E-state index < -0.39 is 11.6 Å². The molecule has 0 spiro atoms. The molecule has 0 aliphatic heterocycles. The molecular formula is C15H14F2NO+. The zero-order valence-corrected chi connectivity index (χ0v) is 10.8. The Kier molecular flexibility index (Phi) is 3.69. The highest BCUT2D eigenvalue weighted by Crippen LogP contribution is 2.09. The summed E-state index contributed by atoms with van der Waals surface area (Å²) in [6.45, 7) is 3.97. The van der Waals surface area contributed by atoms with Crippen molar-refractivity contribution >= 4 is 5.78 Å². The SMILES string of the molecule is Cc1ccc[n+](CC(=O)c2ccc(F)c(F)c2)c1C. The van der Waals surface area contributed by atoms with Gasteiger partial charge < -0.3 is 0 Å². The van der Waals surface area contributed by atoms with E-state index in [-0.39, 0.29) is 17.9 Å². The van der Waals surface area contributed by atoms with Gasteiger partial charge in [0.15, 0.2) is 23.5 Å². The Bertz CT molecular complexity index is 638. The number of pyridine rings is 1. The van der Waals surface area contributed by atoms with E-state index in [2.05, 4.69) is 0 Å². The van der Waals surface area contributed by atoms with E-state index >= 15 is 0 Å². The van der Waals surface area contributed by atoms with Crippen LogP contribution < -0.4 is 4.57 Å². The summed E-state index contributed by atoms with van der Waals surface area (Å²) in [4.78, 5) is 12.0. The maximum atomic E-state index is 13.1. The van der Waals surface area contributed by atoms with Gasteiger partial charge >= 0.3 is 0 Å². The van der Waals surface area contributed by atoms with Crippen LogP contribution in [-0.4, -0.2) is 5.78 Å². The number of nitrogens with zero attached hydrogens (tertiary/aromatic N) is 1. The number of ketones is 1. The Morgan fingerprint density at radius 1 is 1.16 bits per heavy atom. The molecule has 0 aliphatic carbocycles. The smallest absolute Gasteiger partial charge is 0.227 e. The fraction of sp³-hybridized carbons (Fsp3) is 0.200. The van der Waals surface area contributed by atoms with Crippen LogP contribution >= 0.6 is 0 Å². The van der Waals surface area contributed by atoms with Gasteiger partial charge in [-0.15, -0.1) is 0 Å². The van der Waals surface area contributed by atoms with Crippen LogP contribution in [0.4, 0.5) is 8.78 Å². The highest BCUT2D eigenvalue weighted by molar-refractivity contribution is 5.95. The number of benzene rings is 1. The molecule has 4 heteroatoms. The maximum Gasteiger partial charge on any atom is 0.227 e. The van der Waals surface area contributed by atoms with Crippen LogP contribution in [-0.2, 0) is 6.54 Å². The van der Waals surface area contributed by atoms with Crippen molar-refractivity contribution in [1.82, 2.24) is 0 Å². The molecule has 0 amide bonds. The van der Waals surface area contributed by atoms with Crippen molar-refractivity contribution in [3.8, 4) is 0 Å². The predicted molar refractivity (Wildman–Crippen MR) is 66.8 cm³/mol. The molecule has 0 atom stereocenters. The first-order chi connectivity index (χ1) is 8.99. The molecule has 0 N–H and O–H groups in total. The van der Waals surface area contributed by atoms with Gasteiger partial charge in [-0.2, -0.15) is 4.57 Å². The summed E-state index contributed by atoms with van der Waals surface area (Å²) < 4.78 is 27.7. The van der Waals surface area contributed by atoms with Crippen molar-refractivity contribution in [2.75, 3.05) is 0 Å². The second kappa shape index (κ2) is 5.26. The summed E-state index contributed by atoms with van der Waals surface area (Å²) in [7, 11) is 0. The van der Waals surface area contributed by atoms with Gasteiger partial charge in [-0.25, -0.2) is 8.78 Å². The first-order valence-corrected chi connectivity index (χ1v) is 5.93. The van der Waals surface area contributed by atoms with E-state index in [0.717, 1.165) is 23.4 Å². The molecule has 2 nitrogen and oxygen atoms in total. The molecule has 98 valence electrons. The summed E-state index contributed by atoms with van der Waals surface area (Å²) in [6.07, 6.45) is 1.79. The van der Waals surface area contributed by atoms with Crippen LogP contribution in [0.3, 0.4) is 0 Å². The minimum Gasteiger partial charge on any atom is -0.287 e. The Morgan fingerprint density at radius 3 is 2.58 bits per heavy atom. The number of hydrogen-bond donors (Lipinski definition) is 0. The maximum absolute atomic E-state index is 13.1. The predicted octanol–water partition coefficient (Wildman–Crippen LogP) is 2.75. The standard InChI is InChI=1S/C15H14F2NO/c1-10-4-3-7-18(11(10)2)9-15(19)12-5-6-13(16)14(17)8-12/h3-8H,9H2,1-2H3/q+1. The quantitative estimate of drug-likeness (QED) is 0.615. The molecule has 19 heavy (non-hydrogen) atoms. The molecule has 0 bridgehead atoms. The first kappa shape index (κ1) is 13.3. The lowest BCUT2D eigenvalue weighted by atomic mass is 10.1. The minimum atomic E-state index is -1.00. The van der Waals surface area contributed by atoms with Crippen molar-refractivity contribution in [3.63, 3.8) is 0 Å². The Hall–Kier alpha value is -2.10. The molecule has 0 aliphatic rings. The van der Waals surface area contributed by atoms with E-state index in [1.54, 1.807) is 10.8 Å². The van der Waals surface area contributed by atoms with Gasteiger partial charge in [0, 0.05) is 24.1 Å². The average Bonchev–Trinajstić information content (AvgIpc) is 2.38. The molecule has 1 heterocycles. The summed E-state index contributed by atoms with van der Waals surface area (Å²) in [5, 5.41) is 0. The summed E-state index contributed by atoms with van der Waals surface area (Å²) in [6, 6.07) is 7.00. The molecule has 1 aromatic heterocycles. The summed E-state index contributed by atoms with van der Waals surface area (Å²) in [5.41, 5.74) is 2.21. The number of aryl methyl sites for hydroxylation is 1. The van der Waals surface area contributed by atoms with Gasteiger partial charge in [0.2, 0.25) is 12.3 Å². The number of hydrogen-bond acceptors (Lipinski definition) is 1. The van der Waals surface area contributed by atoms with Gasteiger partial charge in [0.05, 0.1) is 0 Å². The molecule has 0 radical (unpaired) electrons. The second-order valence-corrected chi connectivity index (χ2v) is 4.46. The molecule has 0 saturated heterocycles. The van der Waals surface area contributed by atoms with Gasteiger partial charge in [-0.1, -0.05) is 0 Å². The number of aromatic nitrogens is 1. The van der Waals surface area contributed by atoms with Gasteiger partial charge in [0.1, 0.15) is 0 Å². The van der Waals surface area contributed by atoms with Crippen LogP contribution in [0.5, 0.6) is 0 Å². The van der Waals surface area contributed by atoms with E-state index in [0.29, 0.717) is 0 Å². The van der Waals surface area contributed by atoms with E-state index in [9.17, 15) is 13.6 Å². The normalized spacial score (nSPS) is 10.5. The van der Waals surface area contributed by atoms with Crippen LogP contribution in [0.15, 0.2) is 36.5 Å². The van der Waals surface area contributed by atoms with Gasteiger partial charge in [-0.05, 0) is 31.2 Å². The van der Waals surface area contributed by atoms with Gasteiger partial charge in [-0.3, -0.25) is 4.79 Å². The van der Waals surface area contributed by atoms with Crippen molar-refractivity contribution in [2.24, 2.45) is 0 Å². The lowest BCUT2D eigenvalue weighted by molar-refractivity contribution is -0.689. The number of rotatable bonds is 3. The first-order valence-electron chi connectivity index (χ1n) is 5.93. The highest BCUT2D eigenvalue weighted by atomic mass is 19.2. The zero-order chi connectivity index (χ0) is 14.0. The molecule has 2 rings (SSSR count).